The van der Waals surface area contributed by atoms with Gasteiger partial charge in [0.2, 0.25) is 0 Å². The van der Waals surface area contributed by atoms with Gasteiger partial charge >= 0.3 is 0 Å². The van der Waals surface area contributed by atoms with E-state index >= 15 is 0 Å². The van der Waals surface area contributed by atoms with Crippen LogP contribution in [0.4, 0.5) is 15.8 Å². The van der Waals surface area contributed by atoms with Crippen LogP contribution in [0.2, 0.25) is 10.0 Å². The lowest BCUT2D eigenvalue weighted by Crippen LogP contribution is -1.89. The molecule has 0 aliphatic heterocycles. The van der Waals surface area contributed by atoms with Gasteiger partial charge in [0.05, 0.1) is 5.02 Å². The molecule has 31 heavy (non-hydrogen) atoms. The number of aromatic hydroxyl groups is 1. The number of nitrogens with one attached hydrogen (secondary N) is 1. The van der Waals surface area contributed by atoms with Crippen molar-refractivity contribution >= 4 is 68.3 Å². The average Bonchev–Trinajstić information content (AvgIpc) is 3.18. The summed E-state index contributed by atoms with van der Waals surface area (Å²) in [4.78, 5) is 10.5. The second-order valence-corrected chi connectivity index (χ2v) is 9.18. The summed E-state index contributed by atoms with van der Waals surface area (Å²) in [5, 5.41) is 15.6. The summed E-state index contributed by atoms with van der Waals surface area (Å²) in [7, 11) is 0. The van der Waals surface area contributed by atoms with E-state index in [0.717, 1.165) is 27.0 Å². The topological polar surface area (TPSA) is 57.5 Å². The number of thioether (sulfide) groups is 1. The molecule has 0 aliphatic carbocycles. The van der Waals surface area contributed by atoms with Crippen molar-refractivity contribution in [2.24, 2.45) is 4.99 Å². The molecule has 0 saturated heterocycles. The summed E-state index contributed by atoms with van der Waals surface area (Å²) in [6.07, 6.45) is 3.59. The minimum absolute atomic E-state index is 0.0622. The maximum absolute atomic E-state index is 10.2. The number of nitrogens with zero attached hydrogens (tertiary/aromatic N) is 2. The minimum atomic E-state index is -0.0622. The average molecular weight is 486 g/mol. The van der Waals surface area contributed by atoms with Gasteiger partial charge in [0.15, 0.2) is 5.13 Å². The number of phenolic OH excluding ortho intramolecular Hbond substituents is 1. The first-order valence-corrected chi connectivity index (χ1v) is 12.0. The maximum atomic E-state index is 10.2. The van der Waals surface area contributed by atoms with Gasteiger partial charge in [-0.2, -0.15) is 0 Å². The Balaban J connectivity index is 1.72. The van der Waals surface area contributed by atoms with Gasteiger partial charge in [-0.05, 0) is 36.6 Å². The van der Waals surface area contributed by atoms with Gasteiger partial charge in [0, 0.05) is 32.9 Å². The normalized spacial score (nSPS) is 11.2. The quantitative estimate of drug-likeness (QED) is 0.214. The van der Waals surface area contributed by atoms with E-state index in [2.05, 4.69) is 22.4 Å². The molecule has 1 heterocycles. The smallest absolute Gasteiger partial charge is 0.189 e. The predicted molar refractivity (Wildman–Crippen MR) is 134 cm³/mol. The zero-order valence-electron chi connectivity index (χ0n) is 16.3. The second-order valence-electron chi connectivity index (χ2n) is 6.48. The van der Waals surface area contributed by atoms with Crippen LogP contribution in [0.1, 0.15) is 5.56 Å². The highest BCUT2D eigenvalue weighted by molar-refractivity contribution is 7.98. The van der Waals surface area contributed by atoms with E-state index in [1.807, 2.05) is 48.7 Å². The van der Waals surface area contributed by atoms with Crippen molar-refractivity contribution in [1.29, 1.82) is 0 Å². The lowest BCUT2D eigenvalue weighted by Gasteiger charge is -2.03. The lowest BCUT2D eigenvalue weighted by molar-refractivity contribution is 0.475. The number of hydrogen-bond donors (Lipinski definition) is 2. The minimum Gasteiger partial charge on any atom is -0.506 e. The van der Waals surface area contributed by atoms with Crippen LogP contribution in [0, 0.1) is 0 Å². The van der Waals surface area contributed by atoms with Crippen LogP contribution in [0.15, 0.2) is 76.6 Å². The van der Waals surface area contributed by atoms with E-state index in [4.69, 9.17) is 28.2 Å². The molecule has 3 aromatic carbocycles. The zero-order valence-corrected chi connectivity index (χ0v) is 19.5. The van der Waals surface area contributed by atoms with Crippen molar-refractivity contribution < 1.29 is 5.11 Å². The molecule has 0 bridgehead atoms. The van der Waals surface area contributed by atoms with Crippen LogP contribution in [0.3, 0.4) is 0 Å². The largest absolute Gasteiger partial charge is 0.506 e. The molecular weight excluding hydrogens is 469 g/mol. The SMILES string of the molecule is CSc1cccc(Nc2nc(-c3ccccc3)c(N=Cc3cc(Cl)cc(Cl)c3O)s2)c1. The van der Waals surface area contributed by atoms with Crippen LogP contribution in [0.25, 0.3) is 11.3 Å². The number of thiazole rings is 1. The van der Waals surface area contributed by atoms with Gasteiger partial charge in [-0.1, -0.05) is 70.9 Å². The van der Waals surface area contributed by atoms with E-state index in [-0.39, 0.29) is 10.8 Å². The molecule has 0 atom stereocenters. The zero-order chi connectivity index (χ0) is 21.8. The third kappa shape index (κ3) is 5.22. The molecule has 0 aliphatic rings. The molecule has 0 unspecified atom stereocenters. The van der Waals surface area contributed by atoms with E-state index in [1.54, 1.807) is 24.0 Å². The maximum Gasteiger partial charge on any atom is 0.189 e. The number of anilines is 2. The van der Waals surface area contributed by atoms with E-state index in [0.29, 0.717) is 15.6 Å². The van der Waals surface area contributed by atoms with E-state index in [1.165, 1.54) is 17.4 Å². The van der Waals surface area contributed by atoms with Gasteiger partial charge in [-0.3, -0.25) is 0 Å². The molecule has 0 fully saturated rings. The molecule has 0 saturated carbocycles. The predicted octanol–water partition coefficient (Wildman–Crippen LogP) is 8.04. The second kappa shape index (κ2) is 9.75. The Morgan fingerprint density at radius 1 is 1.06 bits per heavy atom. The molecule has 4 aromatic rings. The van der Waals surface area contributed by atoms with Crippen LogP contribution in [-0.2, 0) is 0 Å². The molecule has 2 N–H and O–H groups in total. The number of aliphatic imine (C=N–C) groups is 1. The monoisotopic (exact) mass is 485 g/mol. The van der Waals surface area contributed by atoms with Gasteiger partial charge in [-0.15, -0.1) is 11.8 Å². The number of halogens is 2. The molecule has 0 spiro atoms. The Labute approximate surface area is 198 Å². The fraction of sp³-hybridized carbons (Fsp3) is 0.0435. The molecule has 1 aromatic heterocycles. The number of aromatic nitrogens is 1. The number of phenols is 1. The van der Waals surface area contributed by atoms with Gasteiger partial charge in [0.25, 0.3) is 0 Å². The van der Waals surface area contributed by atoms with Crippen molar-refractivity contribution in [2.75, 3.05) is 11.6 Å². The first-order chi connectivity index (χ1) is 15.0. The standard InChI is InChI=1S/C23H17Cl2N3OS2/c1-30-18-9-5-8-17(12-18)27-23-28-20(14-6-3-2-4-7-14)22(31-23)26-13-15-10-16(24)11-19(25)21(15)29/h2-13,29H,1H3,(H,27,28). The first-order valence-electron chi connectivity index (χ1n) is 9.23. The van der Waals surface area contributed by atoms with Crippen LogP contribution < -0.4 is 5.32 Å². The highest BCUT2D eigenvalue weighted by Gasteiger charge is 2.14. The number of benzene rings is 3. The van der Waals surface area contributed by atoms with Crippen LogP contribution in [-0.4, -0.2) is 22.6 Å². The summed E-state index contributed by atoms with van der Waals surface area (Å²) in [6.45, 7) is 0. The fourth-order valence-electron chi connectivity index (χ4n) is 2.87. The molecule has 0 radical (unpaired) electrons. The summed E-state index contributed by atoms with van der Waals surface area (Å²) >= 11 is 15.2. The Hall–Kier alpha value is -2.51. The molecule has 4 nitrogen and oxygen atoms in total. The summed E-state index contributed by atoms with van der Waals surface area (Å²) in [6, 6.07) is 21.1. The Morgan fingerprint density at radius 3 is 2.65 bits per heavy atom. The lowest BCUT2D eigenvalue weighted by atomic mass is 10.2. The number of rotatable bonds is 6. The molecule has 0 amide bonds. The van der Waals surface area contributed by atoms with Gasteiger partial charge in [-0.25, -0.2) is 9.98 Å². The van der Waals surface area contributed by atoms with Gasteiger partial charge < -0.3 is 10.4 Å². The Bertz CT molecular complexity index is 1240. The van der Waals surface area contributed by atoms with Crippen molar-refractivity contribution in [3.8, 4) is 17.0 Å². The fourth-order valence-corrected chi connectivity index (χ4v) is 4.70. The van der Waals surface area contributed by atoms with Crippen molar-refractivity contribution in [2.45, 2.75) is 4.90 Å². The molecule has 156 valence electrons. The highest BCUT2D eigenvalue weighted by atomic mass is 35.5. The summed E-state index contributed by atoms with van der Waals surface area (Å²) in [5.41, 5.74) is 3.09. The van der Waals surface area contributed by atoms with Gasteiger partial charge in [0.1, 0.15) is 16.4 Å². The summed E-state index contributed by atoms with van der Waals surface area (Å²) in [5.74, 6) is -0.0622. The van der Waals surface area contributed by atoms with Crippen molar-refractivity contribution in [3.63, 3.8) is 0 Å². The third-order valence-electron chi connectivity index (χ3n) is 4.36. The summed E-state index contributed by atoms with van der Waals surface area (Å²) < 4.78 is 0. The molecular formula is C23H17Cl2N3OS2. The third-order valence-corrected chi connectivity index (χ3v) is 6.47. The number of hydrogen-bond acceptors (Lipinski definition) is 6. The highest BCUT2D eigenvalue weighted by Crippen LogP contribution is 2.40. The molecule has 4 rings (SSSR count). The van der Waals surface area contributed by atoms with Crippen molar-refractivity contribution in [3.05, 3.63) is 82.3 Å². The van der Waals surface area contributed by atoms with Crippen LogP contribution in [0.5, 0.6) is 5.75 Å². The molecule has 8 heteroatoms. The van der Waals surface area contributed by atoms with Crippen LogP contribution >= 0.6 is 46.3 Å². The Morgan fingerprint density at radius 2 is 1.87 bits per heavy atom. The van der Waals surface area contributed by atoms with Crippen molar-refractivity contribution in [1.82, 2.24) is 4.98 Å². The first kappa shape index (κ1) is 21.7. The van der Waals surface area contributed by atoms with E-state index < -0.39 is 0 Å². The van der Waals surface area contributed by atoms with E-state index in [9.17, 15) is 5.11 Å². The Kier molecular flexibility index (Phi) is 6.83.